The smallest absolute Gasteiger partial charge is 0.339 e. The Bertz CT molecular complexity index is 600. The van der Waals surface area contributed by atoms with Gasteiger partial charge in [0.15, 0.2) is 5.60 Å². The number of hydrogen-bond acceptors (Lipinski definition) is 8. The Labute approximate surface area is 152 Å². The third-order valence-electron chi connectivity index (χ3n) is 3.90. The average Bonchev–Trinajstić information content (AvgIpc) is 2.67. The number of rotatable bonds is 10. The molecule has 0 radical (unpaired) electrons. The highest BCUT2D eigenvalue weighted by molar-refractivity contribution is 5.91. The van der Waals surface area contributed by atoms with Gasteiger partial charge in [0.25, 0.3) is 0 Å². The van der Waals surface area contributed by atoms with Crippen LogP contribution in [0.4, 0.5) is 0 Å². The van der Waals surface area contributed by atoms with Crippen LogP contribution in [0.3, 0.4) is 0 Å². The molecule has 1 aromatic rings. The van der Waals surface area contributed by atoms with Crippen molar-refractivity contribution in [1.82, 2.24) is 0 Å². The molecule has 0 unspecified atom stereocenters. The minimum atomic E-state index is -2.41. The molecule has 8 nitrogen and oxygen atoms in total. The van der Waals surface area contributed by atoms with Crippen LogP contribution in [0, 0.1) is 5.92 Å². The Hall–Kier alpha value is -2.45. The van der Waals surface area contributed by atoms with E-state index in [1.165, 1.54) is 0 Å². The number of aliphatic hydroxyl groups is 1. The van der Waals surface area contributed by atoms with Gasteiger partial charge in [0.05, 0.1) is 40.3 Å². The van der Waals surface area contributed by atoms with Crippen LogP contribution in [0.25, 0.3) is 0 Å². The molecule has 0 amide bonds. The number of methoxy groups -OCH3 is 3. The molecule has 0 heterocycles. The Morgan fingerprint density at radius 1 is 1.04 bits per heavy atom. The zero-order chi connectivity index (χ0) is 19.6. The fraction of sp³-hybridized carbons (Fsp3) is 0.500. The van der Waals surface area contributed by atoms with E-state index >= 15 is 0 Å². The van der Waals surface area contributed by atoms with Crippen LogP contribution in [0.1, 0.15) is 18.4 Å². The Morgan fingerprint density at radius 3 is 2.23 bits per heavy atom. The van der Waals surface area contributed by atoms with Crippen LogP contribution in [0.5, 0.6) is 0 Å². The van der Waals surface area contributed by atoms with Gasteiger partial charge in [0.1, 0.15) is 0 Å². The first-order valence-corrected chi connectivity index (χ1v) is 7.96. The lowest BCUT2D eigenvalue weighted by atomic mass is 9.82. The molecular weight excluding hydrogens is 344 g/mol. The number of carbonyl (C=O) groups excluding carboxylic acids is 3. The standard InChI is InChI=1S/C18H24O8/c1-23-15(19)11-18(22,17(21)25-3)14(16(20)24-2)9-10-26-12-13-7-5-4-6-8-13/h4-8,14,22H,9-12H2,1-3H3/t14-,18+/m0/s1. The van der Waals surface area contributed by atoms with E-state index in [0.29, 0.717) is 6.61 Å². The van der Waals surface area contributed by atoms with Crippen molar-refractivity contribution < 1.29 is 38.4 Å². The van der Waals surface area contributed by atoms with Gasteiger partial charge in [0.2, 0.25) is 0 Å². The fourth-order valence-electron chi connectivity index (χ4n) is 2.47. The van der Waals surface area contributed by atoms with Gasteiger partial charge in [-0.05, 0) is 12.0 Å². The highest BCUT2D eigenvalue weighted by atomic mass is 16.6. The molecule has 0 saturated heterocycles. The lowest BCUT2D eigenvalue weighted by Crippen LogP contribution is -2.52. The summed E-state index contributed by atoms with van der Waals surface area (Å²) in [4.78, 5) is 35.8. The maximum Gasteiger partial charge on any atom is 0.339 e. The molecule has 0 aliphatic carbocycles. The van der Waals surface area contributed by atoms with Crippen LogP contribution in [0.2, 0.25) is 0 Å². The van der Waals surface area contributed by atoms with Crippen LogP contribution >= 0.6 is 0 Å². The van der Waals surface area contributed by atoms with Crippen LogP contribution in [-0.2, 0) is 39.9 Å². The van der Waals surface area contributed by atoms with Crippen molar-refractivity contribution in [3.05, 3.63) is 35.9 Å². The molecule has 0 fully saturated rings. The first kappa shape index (κ1) is 21.6. The number of benzene rings is 1. The second kappa shape index (κ2) is 10.5. The maximum absolute atomic E-state index is 12.1. The third kappa shape index (κ3) is 5.82. The van der Waals surface area contributed by atoms with Gasteiger partial charge < -0.3 is 24.1 Å². The third-order valence-corrected chi connectivity index (χ3v) is 3.90. The van der Waals surface area contributed by atoms with E-state index in [9.17, 15) is 19.5 Å². The van der Waals surface area contributed by atoms with Gasteiger partial charge in [-0.25, -0.2) is 4.79 Å². The van der Waals surface area contributed by atoms with Crippen molar-refractivity contribution in [3.63, 3.8) is 0 Å². The van der Waals surface area contributed by atoms with Gasteiger partial charge in [-0.2, -0.15) is 0 Å². The van der Waals surface area contributed by atoms with E-state index in [2.05, 4.69) is 14.2 Å². The van der Waals surface area contributed by atoms with Gasteiger partial charge >= 0.3 is 17.9 Å². The predicted molar refractivity (Wildman–Crippen MR) is 89.8 cm³/mol. The molecule has 8 heteroatoms. The summed E-state index contributed by atoms with van der Waals surface area (Å²) >= 11 is 0. The molecule has 0 saturated carbocycles. The summed E-state index contributed by atoms with van der Waals surface area (Å²) in [7, 11) is 3.27. The second-order valence-electron chi connectivity index (χ2n) is 5.57. The van der Waals surface area contributed by atoms with Crippen LogP contribution in [0.15, 0.2) is 30.3 Å². The van der Waals surface area contributed by atoms with Crippen LogP contribution < -0.4 is 0 Å². The molecule has 0 bridgehead atoms. The van der Waals surface area contributed by atoms with Crippen molar-refractivity contribution in [3.8, 4) is 0 Å². The summed E-state index contributed by atoms with van der Waals surface area (Å²) in [6, 6.07) is 9.35. The highest BCUT2D eigenvalue weighted by Crippen LogP contribution is 2.28. The van der Waals surface area contributed by atoms with E-state index in [1.54, 1.807) is 0 Å². The molecule has 1 rings (SSSR count). The zero-order valence-electron chi connectivity index (χ0n) is 15.1. The molecule has 0 aliphatic rings. The molecule has 0 aromatic heterocycles. The largest absolute Gasteiger partial charge is 0.469 e. The molecule has 1 N–H and O–H groups in total. The quantitative estimate of drug-likeness (QED) is 0.368. The van der Waals surface area contributed by atoms with E-state index < -0.39 is 35.8 Å². The first-order chi connectivity index (χ1) is 12.4. The Balaban J connectivity index is 2.85. The lowest BCUT2D eigenvalue weighted by Gasteiger charge is -2.30. The van der Waals surface area contributed by atoms with Crippen molar-refractivity contribution in [2.75, 3.05) is 27.9 Å². The summed E-state index contributed by atoms with van der Waals surface area (Å²) in [5.41, 5.74) is -1.48. The molecular formula is C18H24O8. The van der Waals surface area contributed by atoms with Crippen molar-refractivity contribution >= 4 is 17.9 Å². The summed E-state index contributed by atoms with van der Waals surface area (Å²) in [6.45, 7) is 0.345. The summed E-state index contributed by atoms with van der Waals surface area (Å²) in [5, 5.41) is 10.7. The lowest BCUT2D eigenvalue weighted by molar-refractivity contribution is -0.184. The van der Waals surface area contributed by atoms with Crippen molar-refractivity contribution in [2.45, 2.75) is 25.0 Å². The SMILES string of the molecule is COC(=O)C[C@](O)(C(=O)OC)[C@@H](CCOCc1ccccc1)C(=O)OC. The summed E-state index contributed by atoms with van der Waals surface area (Å²) in [6.07, 6.45) is -0.795. The average molecular weight is 368 g/mol. The monoisotopic (exact) mass is 368 g/mol. The molecule has 1 aromatic carbocycles. The second-order valence-corrected chi connectivity index (χ2v) is 5.57. The van der Waals surface area contributed by atoms with Gasteiger partial charge in [0, 0.05) is 6.61 Å². The van der Waals surface area contributed by atoms with E-state index in [1.807, 2.05) is 30.3 Å². The van der Waals surface area contributed by atoms with E-state index in [0.717, 1.165) is 26.9 Å². The molecule has 26 heavy (non-hydrogen) atoms. The number of carbonyl (C=O) groups is 3. The maximum atomic E-state index is 12.1. The van der Waals surface area contributed by atoms with E-state index in [4.69, 9.17) is 4.74 Å². The molecule has 144 valence electrons. The van der Waals surface area contributed by atoms with Crippen molar-refractivity contribution in [1.29, 1.82) is 0 Å². The topological polar surface area (TPSA) is 108 Å². The highest BCUT2D eigenvalue weighted by Gasteiger charge is 2.51. The Kier molecular flexibility index (Phi) is 8.74. The minimum absolute atomic E-state index is 0.0507. The van der Waals surface area contributed by atoms with Gasteiger partial charge in [-0.15, -0.1) is 0 Å². The summed E-state index contributed by atoms with van der Waals surface area (Å²) < 4.78 is 19.2. The fourth-order valence-corrected chi connectivity index (χ4v) is 2.47. The van der Waals surface area contributed by atoms with Crippen LogP contribution in [-0.4, -0.2) is 56.6 Å². The van der Waals surface area contributed by atoms with Crippen molar-refractivity contribution in [2.24, 2.45) is 5.92 Å². The molecule has 0 spiro atoms. The number of ether oxygens (including phenoxy) is 4. The minimum Gasteiger partial charge on any atom is -0.469 e. The molecule has 2 atom stereocenters. The predicted octanol–water partition coefficient (Wildman–Crippen LogP) is 0.850. The zero-order valence-corrected chi connectivity index (χ0v) is 15.1. The summed E-state index contributed by atoms with van der Waals surface area (Å²) in [5.74, 6) is -4.20. The van der Waals surface area contributed by atoms with Gasteiger partial charge in [-0.3, -0.25) is 9.59 Å². The normalized spacial score (nSPS) is 14.0. The number of esters is 3. The van der Waals surface area contributed by atoms with Gasteiger partial charge in [-0.1, -0.05) is 30.3 Å². The van der Waals surface area contributed by atoms with E-state index in [-0.39, 0.29) is 13.0 Å². The molecule has 0 aliphatic heterocycles. The number of hydrogen-bond donors (Lipinski definition) is 1. The Morgan fingerprint density at radius 2 is 1.69 bits per heavy atom. The first-order valence-electron chi connectivity index (χ1n) is 7.96.